The first-order valence-corrected chi connectivity index (χ1v) is 7.83. The molecule has 1 aromatic heterocycles. The lowest BCUT2D eigenvalue weighted by atomic mass is 9.75. The molecule has 2 rings (SSSR count). The monoisotopic (exact) mass is 276 g/mol. The Hall–Kier alpha value is -1.13. The number of nitrogens with zero attached hydrogens (tertiary/aromatic N) is 1. The van der Waals surface area contributed by atoms with E-state index < -0.39 is 0 Å². The van der Waals surface area contributed by atoms with Crippen LogP contribution in [0, 0.1) is 18.8 Å². The van der Waals surface area contributed by atoms with Crippen molar-refractivity contribution in [2.45, 2.75) is 58.4 Å². The van der Waals surface area contributed by atoms with Crippen LogP contribution in [0.3, 0.4) is 0 Å². The van der Waals surface area contributed by atoms with Gasteiger partial charge in [-0.05, 0) is 43.2 Å². The first kappa shape index (κ1) is 15.3. The van der Waals surface area contributed by atoms with E-state index in [1.54, 1.807) is 0 Å². The molecule has 1 aliphatic carbocycles. The van der Waals surface area contributed by atoms with Crippen LogP contribution < -0.4 is 17.0 Å². The number of hydrazine groups is 1. The quantitative estimate of drug-likeness (QED) is 0.570. The molecule has 0 amide bonds. The van der Waals surface area contributed by atoms with Crippen LogP contribution in [0.4, 0.5) is 5.82 Å². The number of nitrogens with one attached hydrogen (secondary N) is 1. The molecule has 0 aromatic carbocycles. The number of anilines is 1. The van der Waals surface area contributed by atoms with Gasteiger partial charge in [-0.2, -0.15) is 0 Å². The van der Waals surface area contributed by atoms with Gasteiger partial charge >= 0.3 is 0 Å². The van der Waals surface area contributed by atoms with Crippen LogP contribution in [0.5, 0.6) is 0 Å². The van der Waals surface area contributed by atoms with E-state index in [0.29, 0.717) is 11.7 Å². The summed E-state index contributed by atoms with van der Waals surface area (Å²) in [6.45, 7) is 4.32. The van der Waals surface area contributed by atoms with Gasteiger partial charge in [0.1, 0.15) is 5.82 Å². The number of rotatable bonds is 5. The summed E-state index contributed by atoms with van der Waals surface area (Å²) in [5.41, 5.74) is 11.2. The van der Waals surface area contributed by atoms with Crippen molar-refractivity contribution >= 4 is 5.82 Å². The molecular weight excluding hydrogens is 248 g/mol. The number of pyridine rings is 1. The van der Waals surface area contributed by atoms with E-state index in [-0.39, 0.29) is 6.04 Å². The number of aryl methyl sites for hydroxylation is 1. The average Bonchev–Trinajstić information content (AvgIpc) is 2.45. The second-order valence-corrected chi connectivity index (χ2v) is 6.20. The van der Waals surface area contributed by atoms with Gasteiger partial charge in [0.05, 0.1) is 6.04 Å². The number of nitrogens with two attached hydrogens (primary N) is 2. The smallest absolute Gasteiger partial charge is 0.128 e. The minimum absolute atomic E-state index is 0.130. The first-order chi connectivity index (χ1) is 9.65. The highest BCUT2D eigenvalue weighted by molar-refractivity contribution is 5.43. The summed E-state index contributed by atoms with van der Waals surface area (Å²) >= 11 is 0. The van der Waals surface area contributed by atoms with Crippen LogP contribution in [0.1, 0.15) is 62.6 Å². The van der Waals surface area contributed by atoms with E-state index in [4.69, 9.17) is 11.6 Å². The Morgan fingerprint density at radius 2 is 2.05 bits per heavy atom. The fourth-order valence-electron chi connectivity index (χ4n) is 3.55. The molecule has 1 fully saturated rings. The molecule has 0 radical (unpaired) electrons. The summed E-state index contributed by atoms with van der Waals surface area (Å²) in [7, 11) is 0. The molecule has 5 N–H and O–H groups in total. The molecule has 0 saturated heterocycles. The van der Waals surface area contributed by atoms with E-state index >= 15 is 0 Å². The largest absolute Gasteiger partial charge is 0.383 e. The van der Waals surface area contributed by atoms with Crippen molar-refractivity contribution in [1.29, 1.82) is 0 Å². The average molecular weight is 276 g/mol. The van der Waals surface area contributed by atoms with Crippen LogP contribution in [0.15, 0.2) is 12.3 Å². The third-order valence-electron chi connectivity index (χ3n) is 4.66. The molecule has 112 valence electrons. The predicted molar refractivity (Wildman–Crippen MR) is 83.8 cm³/mol. The summed E-state index contributed by atoms with van der Waals surface area (Å²) in [5, 5.41) is 0. The minimum atomic E-state index is 0.130. The lowest BCUT2D eigenvalue weighted by molar-refractivity contribution is 0.215. The second-order valence-electron chi connectivity index (χ2n) is 6.20. The van der Waals surface area contributed by atoms with E-state index in [9.17, 15) is 0 Å². The third-order valence-corrected chi connectivity index (χ3v) is 4.66. The molecule has 0 spiro atoms. The van der Waals surface area contributed by atoms with E-state index in [1.807, 2.05) is 13.1 Å². The van der Waals surface area contributed by atoms with Crippen molar-refractivity contribution < 1.29 is 0 Å². The van der Waals surface area contributed by atoms with Gasteiger partial charge in [0, 0.05) is 11.8 Å². The highest BCUT2D eigenvalue weighted by Crippen LogP contribution is 2.39. The first-order valence-electron chi connectivity index (χ1n) is 7.83. The van der Waals surface area contributed by atoms with Crippen LogP contribution in [-0.4, -0.2) is 4.98 Å². The summed E-state index contributed by atoms with van der Waals surface area (Å²) in [6, 6.07) is 2.25. The number of nitrogen functional groups attached to an aromatic ring is 1. The Morgan fingerprint density at radius 1 is 1.35 bits per heavy atom. The molecule has 0 bridgehead atoms. The molecule has 1 saturated carbocycles. The molecule has 1 aromatic rings. The fourth-order valence-corrected chi connectivity index (χ4v) is 3.55. The van der Waals surface area contributed by atoms with Gasteiger partial charge in [-0.15, -0.1) is 0 Å². The van der Waals surface area contributed by atoms with Crippen molar-refractivity contribution in [2.24, 2.45) is 17.7 Å². The van der Waals surface area contributed by atoms with E-state index in [0.717, 1.165) is 17.0 Å². The highest BCUT2D eigenvalue weighted by atomic mass is 15.2. The Balaban J connectivity index is 2.07. The normalized spacial score (nSPS) is 24.6. The summed E-state index contributed by atoms with van der Waals surface area (Å²) in [4.78, 5) is 4.27. The maximum atomic E-state index is 6.04. The van der Waals surface area contributed by atoms with E-state index in [1.165, 1.54) is 38.5 Å². The molecule has 0 aliphatic heterocycles. The molecule has 1 unspecified atom stereocenters. The molecule has 1 atom stereocenters. The maximum absolute atomic E-state index is 6.04. The number of hydrogen-bond donors (Lipinski definition) is 3. The molecule has 20 heavy (non-hydrogen) atoms. The molecular formula is C16H28N4. The molecule has 4 heteroatoms. The van der Waals surface area contributed by atoms with Gasteiger partial charge in [0.2, 0.25) is 0 Å². The number of aromatic nitrogens is 1. The zero-order valence-electron chi connectivity index (χ0n) is 12.7. The topological polar surface area (TPSA) is 77.0 Å². The van der Waals surface area contributed by atoms with Gasteiger partial charge in [-0.1, -0.05) is 32.6 Å². The van der Waals surface area contributed by atoms with Gasteiger partial charge in [-0.3, -0.25) is 11.3 Å². The van der Waals surface area contributed by atoms with E-state index in [2.05, 4.69) is 23.4 Å². The van der Waals surface area contributed by atoms with Crippen LogP contribution in [-0.2, 0) is 0 Å². The lowest BCUT2D eigenvalue weighted by Crippen LogP contribution is -2.36. The zero-order valence-corrected chi connectivity index (χ0v) is 12.7. The SMILES string of the molecule is CCCC1CCC(C(NN)c2cc(C)cnc2N)CC1. The lowest BCUT2D eigenvalue weighted by Gasteiger charge is -2.34. The van der Waals surface area contributed by atoms with Crippen molar-refractivity contribution in [3.8, 4) is 0 Å². The Morgan fingerprint density at radius 3 is 2.65 bits per heavy atom. The van der Waals surface area contributed by atoms with Gasteiger partial charge in [0.25, 0.3) is 0 Å². The molecule has 4 nitrogen and oxygen atoms in total. The summed E-state index contributed by atoms with van der Waals surface area (Å²) in [6.07, 6.45) is 9.56. The standard InChI is InChI=1S/C16H28N4/c1-3-4-12-5-7-13(8-6-12)15(20-18)14-9-11(2)10-19-16(14)17/h9-10,12-13,15,20H,3-8,18H2,1-2H3,(H2,17,19). The summed E-state index contributed by atoms with van der Waals surface area (Å²) < 4.78 is 0. The van der Waals surface area contributed by atoms with Crippen molar-refractivity contribution in [2.75, 3.05) is 5.73 Å². The maximum Gasteiger partial charge on any atom is 0.128 e. The van der Waals surface area contributed by atoms with Gasteiger partial charge in [0.15, 0.2) is 0 Å². The third kappa shape index (κ3) is 3.49. The zero-order chi connectivity index (χ0) is 14.5. The van der Waals surface area contributed by atoms with Crippen LogP contribution in [0.25, 0.3) is 0 Å². The Bertz CT molecular complexity index is 424. The number of hydrogen-bond acceptors (Lipinski definition) is 4. The van der Waals surface area contributed by atoms with Crippen LogP contribution in [0.2, 0.25) is 0 Å². The van der Waals surface area contributed by atoms with Crippen molar-refractivity contribution in [1.82, 2.24) is 10.4 Å². The van der Waals surface area contributed by atoms with Crippen molar-refractivity contribution in [3.63, 3.8) is 0 Å². The van der Waals surface area contributed by atoms with Gasteiger partial charge < -0.3 is 5.73 Å². The van der Waals surface area contributed by atoms with Gasteiger partial charge in [-0.25, -0.2) is 4.98 Å². The summed E-state index contributed by atoms with van der Waals surface area (Å²) in [5.74, 6) is 7.89. The Kier molecular flexibility index (Phi) is 5.38. The minimum Gasteiger partial charge on any atom is -0.383 e. The van der Waals surface area contributed by atoms with Crippen LogP contribution >= 0.6 is 0 Å². The molecule has 1 heterocycles. The second kappa shape index (κ2) is 7.04. The Labute approximate surface area is 122 Å². The predicted octanol–water partition coefficient (Wildman–Crippen LogP) is 3.08. The molecule has 1 aliphatic rings. The highest BCUT2D eigenvalue weighted by Gasteiger charge is 2.29. The van der Waals surface area contributed by atoms with Crippen molar-refractivity contribution in [3.05, 3.63) is 23.4 Å². The fraction of sp³-hybridized carbons (Fsp3) is 0.688.